The molecule has 3 fully saturated rings. The van der Waals surface area contributed by atoms with Crippen LogP contribution in [-0.2, 0) is 14.4 Å². The first kappa shape index (κ1) is 24.5. The number of amides is 4. The van der Waals surface area contributed by atoms with Crippen molar-refractivity contribution in [1.29, 1.82) is 0 Å². The standard InChI is InChI=1S/C27H22BrClN2O5/c28-19-6-9-23(36-24(32)10-4-15-2-7-20(29)8-3-15)18(13-19)14-21-25(33)30-27(35)31(26(21)34)22-12-16-1-5-17(22)11-16/h2-4,6-10,13-14,16-17,22H,1,5,11-12H2,(H,30,33,35)/b10-4+,21-14-/t16-,17-,22-/m0/s1. The lowest BCUT2D eigenvalue weighted by Crippen LogP contribution is -2.58. The highest BCUT2D eigenvalue weighted by molar-refractivity contribution is 9.10. The Bertz CT molecular complexity index is 1320. The van der Waals surface area contributed by atoms with Crippen LogP contribution in [0.3, 0.4) is 0 Å². The summed E-state index contributed by atoms with van der Waals surface area (Å²) >= 11 is 9.26. The number of urea groups is 1. The molecule has 36 heavy (non-hydrogen) atoms. The van der Waals surface area contributed by atoms with Crippen molar-refractivity contribution in [1.82, 2.24) is 10.2 Å². The molecular weight excluding hydrogens is 548 g/mol. The van der Waals surface area contributed by atoms with Gasteiger partial charge in [-0.3, -0.25) is 19.8 Å². The number of ether oxygens (including phenoxy) is 1. The molecular formula is C27H22BrClN2O5. The summed E-state index contributed by atoms with van der Waals surface area (Å²) in [6, 6.07) is 11.0. The van der Waals surface area contributed by atoms with Crippen molar-refractivity contribution in [2.24, 2.45) is 11.8 Å². The second-order valence-corrected chi connectivity index (χ2v) is 10.6. The van der Waals surface area contributed by atoms with Gasteiger partial charge in [0.2, 0.25) is 0 Å². The first-order valence-electron chi connectivity index (χ1n) is 11.6. The summed E-state index contributed by atoms with van der Waals surface area (Å²) in [4.78, 5) is 52.3. The molecule has 2 aliphatic carbocycles. The molecule has 2 aromatic carbocycles. The van der Waals surface area contributed by atoms with E-state index in [1.165, 1.54) is 17.1 Å². The second-order valence-electron chi connectivity index (χ2n) is 9.22. The van der Waals surface area contributed by atoms with E-state index in [1.807, 2.05) is 0 Å². The van der Waals surface area contributed by atoms with Gasteiger partial charge in [0.15, 0.2) is 0 Å². The van der Waals surface area contributed by atoms with Gasteiger partial charge in [-0.25, -0.2) is 9.59 Å². The number of nitrogens with one attached hydrogen (secondary N) is 1. The number of carbonyl (C=O) groups excluding carboxylic acids is 4. The molecule has 3 atom stereocenters. The highest BCUT2D eigenvalue weighted by atomic mass is 79.9. The molecule has 7 nitrogen and oxygen atoms in total. The van der Waals surface area contributed by atoms with Crippen LogP contribution in [0.2, 0.25) is 5.02 Å². The first-order chi connectivity index (χ1) is 17.3. The molecule has 2 saturated carbocycles. The Morgan fingerprint density at radius 1 is 1.08 bits per heavy atom. The summed E-state index contributed by atoms with van der Waals surface area (Å²) in [6.45, 7) is 0. The van der Waals surface area contributed by atoms with Crippen molar-refractivity contribution < 1.29 is 23.9 Å². The Morgan fingerprint density at radius 3 is 2.56 bits per heavy atom. The Hall–Kier alpha value is -3.23. The summed E-state index contributed by atoms with van der Waals surface area (Å²) in [7, 11) is 0. The zero-order valence-corrected chi connectivity index (χ0v) is 21.4. The van der Waals surface area contributed by atoms with Crippen LogP contribution in [0.15, 0.2) is 58.6 Å². The molecule has 184 valence electrons. The number of halogens is 2. The van der Waals surface area contributed by atoms with Crippen molar-refractivity contribution in [2.75, 3.05) is 0 Å². The molecule has 1 aliphatic heterocycles. The molecule has 0 spiro atoms. The van der Waals surface area contributed by atoms with Crippen molar-refractivity contribution in [2.45, 2.75) is 31.7 Å². The largest absolute Gasteiger partial charge is 0.423 e. The Balaban J connectivity index is 1.39. The molecule has 0 radical (unpaired) electrons. The minimum absolute atomic E-state index is 0.167. The number of carbonyl (C=O) groups is 4. The third-order valence-electron chi connectivity index (χ3n) is 6.93. The van der Waals surface area contributed by atoms with Gasteiger partial charge in [0.25, 0.3) is 11.8 Å². The zero-order chi connectivity index (χ0) is 25.4. The number of fused-ring (bicyclic) bond motifs is 2. The molecule has 1 N–H and O–H groups in total. The Morgan fingerprint density at radius 2 is 1.86 bits per heavy atom. The fourth-order valence-corrected chi connectivity index (χ4v) is 5.77. The van der Waals surface area contributed by atoms with Crippen LogP contribution in [0.25, 0.3) is 12.2 Å². The summed E-state index contributed by atoms with van der Waals surface area (Å²) in [5.74, 6) is -1.08. The van der Waals surface area contributed by atoms with Gasteiger partial charge in [-0.1, -0.05) is 46.1 Å². The third kappa shape index (κ3) is 5.01. The number of imide groups is 2. The molecule has 2 bridgehead atoms. The number of benzene rings is 2. The number of hydrogen-bond donors (Lipinski definition) is 1. The summed E-state index contributed by atoms with van der Waals surface area (Å²) < 4.78 is 6.17. The minimum atomic E-state index is -0.774. The molecule has 3 aliphatic rings. The fourth-order valence-electron chi connectivity index (χ4n) is 5.26. The normalized spacial score (nSPS) is 24.6. The summed E-state index contributed by atoms with van der Waals surface area (Å²) in [5.41, 5.74) is 0.937. The van der Waals surface area contributed by atoms with E-state index >= 15 is 0 Å². The van der Waals surface area contributed by atoms with E-state index in [2.05, 4.69) is 21.2 Å². The van der Waals surface area contributed by atoms with Gasteiger partial charge < -0.3 is 4.74 Å². The average Bonchev–Trinajstić information content (AvgIpc) is 3.47. The lowest BCUT2D eigenvalue weighted by atomic mass is 9.93. The van der Waals surface area contributed by atoms with Crippen LogP contribution in [0, 0.1) is 11.8 Å². The van der Waals surface area contributed by atoms with Crippen LogP contribution in [-0.4, -0.2) is 34.8 Å². The highest BCUT2D eigenvalue weighted by Crippen LogP contribution is 2.47. The number of rotatable bonds is 5. The van der Waals surface area contributed by atoms with Crippen molar-refractivity contribution in [3.05, 3.63) is 74.7 Å². The highest BCUT2D eigenvalue weighted by Gasteiger charge is 2.49. The Kier molecular flexibility index (Phi) is 6.81. The monoisotopic (exact) mass is 568 g/mol. The second kappa shape index (κ2) is 10.0. The van der Waals surface area contributed by atoms with Gasteiger partial charge in [-0.15, -0.1) is 0 Å². The maximum Gasteiger partial charge on any atom is 0.336 e. The fraction of sp³-hybridized carbons (Fsp3) is 0.259. The van der Waals surface area contributed by atoms with Gasteiger partial charge >= 0.3 is 12.0 Å². The predicted octanol–water partition coefficient (Wildman–Crippen LogP) is 5.37. The smallest absolute Gasteiger partial charge is 0.336 e. The van der Waals surface area contributed by atoms with E-state index in [9.17, 15) is 19.2 Å². The SMILES string of the molecule is O=C(/C=C/c1ccc(Cl)cc1)Oc1ccc(Br)cc1/C=C1/C(=O)NC(=O)N([C@H]2C[C@H]3CC[C@H]2C3)C1=O. The topological polar surface area (TPSA) is 92.8 Å². The lowest BCUT2D eigenvalue weighted by molar-refractivity contribution is -0.132. The van der Waals surface area contributed by atoms with E-state index in [0.29, 0.717) is 21.0 Å². The maximum atomic E-state index is 13.4. The van der Waals surface area contributed by atoms with E-state index in [1.54, 1.807) is 48.5 Å². The molecule has 1 heterocycles. The van der Waals surface area contributed by atoms with Gasteiger partial charge in [-0.05, 0) is 79.1 Å². The number of esters is 1. The predicted molar refractivity (Wildman–Crippen MR) is 138 cm³/mol. The van der Waals surface area contributed by atoms with E-state index in [-0.39, 0.29) is 23.3 Å². The molecule has 1 saturated heterocycles. The summed E-state index contributed by atoms with van der Waals surface area (Å²) in [5, 5.41) is 2.89. The number of nitrogens with zero attached hydrogens (tertiary/aromatic N) is 1. The van der Waals surface area contributed by atoms with Crippen molar-refractivity contribution in [3.8, 4) is 5.75 Å². The molecule has 2 aromatic rings. The van der Waals surface area contributed by atoms with Crippen molar-refractivity contribution in [3.63, 3.8) is 0 Å². The first-order valence-corrected chi connectivity index (χ1v) is 12.8. The Labute approximate surface area is 221 Å². The van der Waals surface area contributed by atoms with Gasteiger partial charge in [0, 0.05) is 27.2 Å². The molecule has 5 rings (SSSR count). The van der Waals surface area contributed by atoms with Gasteiger partial charge in [0.05, 0.1) is 0 Å². The number of barbiturate groups is 1. The van der Waals surface area contributed by atoms with Crippen LogP contribution < -0.4 is 10.1 Å². The molecule has 0 unspecified atom stereocenters. The zero-order valence-electron chi connectivity index (χ0n) is 19.1. The van der Waals surface area contributed by atoms with E-state index in [4.69, 9.17) is 16.3 Å². The van der Waals surface area contributed by atoms with Gasteiger partial charge in [0.1, 0.15) is 11.3 Å². The van der Waals surface area contributed by atoms with E-state index in [0.717, 1.165) is 31.2 Å². The average molecular weight is 570 g/mol. The van der Waals surface area contributed by atoms with Crippen LogP contribution in [0.4, 0.5) is 4.79 Å². The third-order valence-corrected chi connectivity index (χ3v) is 7.67. The summed E-state index contributed by atoms with van der Waals surface area (Å²) in [6.07, 6.45) is 8.10. The van der Waals surface area contributed by atoms with E-state index < -0.39 is 23.8 Å². The quantitative estimate of drug-likeness (QED) is 0.226. The van der Waals surface area contributed by atoms with Crippen molar-refractivity contribution >= 4 is 63.5 Å². The van der Waals surface area contributed by atoms with Crippen LogP contribution >= 0.6 is 27.5 Å². The van der Waals surface area contributed by atoms with Crippen LogP contribution in [0.1, 0.15) is 36.8 Å². The minimum Gasteiger partial charge on any atom is -0.423 e. The molecule has 4 amide bonds. The molecule has 0 aromatic heterocycles. The number of hydrogen-bond acceptors (Lipinski definition) is 5. The van der Waals surface area contributed by atoms with Gasteiger partial charge in [-0.2, -0.15) is 0 Å². The maximum absolute atomic E-state index is 13.4. The van der Waals surface area contributed by atoms with Crippen LogP contribution in [0.5, 0.6) is 5.75 Å². The lowest BCUT2D eigenvalue weighted by Gasteiger charge is -2.35. The molecule has 9 heteroatoms.